The molecule has 6 heteroatoms. The van der Waals surface area contributed by atoms with Crippen LogP contribution in [0.1, 0.15) is 13.3 Å². The number of phosphoric acid groups is 1. The van der Waals surface area contributed by atoms with Crippen molar-refractivity contribution in [2.45, 2.75) is 13.3 Å². The summed E-state index contributed by atoms with van der Waals surface area (Å²) in [4.78, 5) is 21.6. The monoisotopic (exact) mass is 153 g/mol. The molecule has 0 aromatic rings. The SMILES string of the molecule is CCC#N.O=P(O)(O)O. The fourth-order valence-corrected chi connectivity index (χ4v) is 0. The summed E-state index contributed by atoms with van der Waals surface area (Å²) in [5, 5.41) is 7.62. The fraction of sp³-hybridized carbons (Fsp3) is 0.667. The molecule has 0 aliphatic heterocycles. The van der Waals surface area contributed by atoms with Gasteiger partial charge >= 0.3 is 7.82 Å². The summed E-state index contributed by atoms with van der Waals surface area (Å²) in [6.45, 7) is 1.82. The van der Waals surface area contributed by atoms with Gasteiger partial charge in [0, 0.05) is 6.42 Å². The van der Waals surface area contributed by atoms with Crippen molar-refractivity contribution in [1.82, 2.24) is 0 Å². The van der Waals surface area contributed by atoms with E-state index in [4.69, 9.17) is 24.5 Å². The minimum atomic E-state index is -4.64. The second-order valence-corrected chi connectivity index (χ2v) is 2.05. The molecule has 0 aliphatic carbocycles. The predicted molar refractivity (Wildman–Crippen MR) is 30.2 cm³/mol. The van der Waals surface area contributed by atoms with Crippen molar-refractivity contribution in [1.29, 1.82) is 5.26 Å². The number of rotatable bonds is 0. The second-order valence-electron chi connectivity index (χ2n) is 1.02. The van der Waals surface area contributed by atoms with Crippen LogP contribution in [0.15, 0.2) is 0 Å². The van der Waals surface area contributed by atoms with E-state index in [0.717, 1.165) is 0 Å². The van der Waals surface area contributed by atoms with E-state index >= 15 is 0 Å². The molecule has 0 heterocycles. The normalized spacial score (nSPS) is 8.78. The van der Waals surface area contributed by atoms with Crippen LogP contribution in [0.2, 0.25) is 0 Å². The van der Waals surface area contributed by atoms with Crippen molar-refractivity contribution in [3.8, 4) is 6.07 Å². The molecule has 0 aromatic heterocycles. The van der Waals surface area contributed by atoms with Gasteiger partial charge in [-0.3, -0.25) is 0 Å². The van der Waals surface area contributed by atoms with E-state index in [1.54, 1.807) is 0 Å². The van der Waals surface area contributed by atoms with Crippen molar-refractivity contribution < 1.29 is 19.2 Å². The zero-order chi connectivity index (χ0) is 7.91. The molecule has 3 N–H and O–H groups in total. The lowest BCUT2D eigenvalue weighted by Crippen LogP contribution is -1.66. The number of nitriles is 1. The molecule has 0 aliphatic rings. The third-order valence-corrected chi connectivity index (χ3v) is 0.158. The van der Waals surface area contributed by atoms with Gasteiger partial charge in [0.15, 0.2) is 0 Å². The molecule has 0 atom stereocenters. The lowest BCUT2D eigenvalue weighted by atomic mass is 10.6. The summed E-state index contributed by atoms with van der Waals surface area (Å²) in [5.41, 5.74) is 0. The van der Waals surface area contributed by atoms with Crippen molar-refractivity contribution in [2.75, 3.05) is 0 Å². The fourth-order valence-electron chi connectivity index (χ4n) is 0. The molecule has 0 amide bonds. The molecule has 5 nitrogen and oxygen atoms in total. The van der Waals surface area contributed by atoms with E-state index in [9.17, 15) is 0 Å². The third-order valence-electron chi connectivity index (χ3n) is 0.158. The maximum absolute atomic E-state index is 8.88. The van der Waals surface area contributed by atoms with Crippen molar-refractivity contribution >= 4 is 7.82 Å². The zero-order valence-electron chi connectivity index (χ0n) is 4.85. The van der Waals surface area contributed by atoms with E-state index in [2.05, 4.69) is 0 Å². The maximum Gasteiger partial charge on any atom is 0.466 e. The smallest absolute Gasteiger partial charge is 0.303 e. The standard InChI is InChI=1S/C3H5N.H3O4P/c1-2-3-4;1-5(2,3)4/h2H2,1H3;(H3,1,2,3,4). The quantitative estimate of drug-likeness (QED) is 0.425. The van der Waals surface area contributed by atoms with Gasteiger partial charge in [-0.2, -0.15) is 5.26 Å². The van der Waals surface area contributed by atoms with Crippen molar-refractivity contribution in [3.63, 3.8) is 0 Å². The molecule has 0 fully saturated rings. The van der Waals surface area contributed by atoms with Gasteiger partial charge in [0.2, 0.25) is 0 Å². The molecule has 9 heavy (non-hydrogen) atoms. The molecular formula is C3H8NO4P. The second kappa shape index (κ2) is 5.73. The van der Waals surface area contributed by atoms with Crippen LogP contribution in [-0.4, -0.2) is 14.7 Å². The van der Waals surface area contributed by atoms with Gasteiger partial charge in [0.1, 0.15) is 0 Å². The van der Waals surface area contributed by atoms with E-state index in [-0.39, 0.29) is 0 Å². The van der Waals surface area contributed by atoms with E-state index < -0.39 is 7.82 Å². The highest BCUT2D eigenvalue weighted by Gasteiger charge is 2.00. The highest BCUT2D eigenvalue weighted by Crippen LogP contribution is 2.25. The van der Waals surface area contributed by atoms with Crippen LogP contribution in [0, 0.1) is 11.3 Å². The Morgan fingerprint density at radius 2 is 1.67 bits per heavy atom. The van der Waals surface area contributed by atoms with Gasteiger partial charge in [0.05, 0.1) is 6.07 Å². The van der Waals surface area contributed by atoms with Gasteiger partial charge in [-0.1, -0.05) is 6.92 Å². The summed E-state index contributed by atoms with van der Waals surface area (Å²) in [5.74, 6) is 0. The predicted octanol–water partition coefficient (Wildman–Crippen LogP) is -0.00862. The van der Waals surface area contributed by atoms with Crippen LogP contribution in [-0.2, 0) is 4.57 Å². The largest absolute Gasteiger partial charge is 0.466 e. The Kier molecular flexibility index (Phi) is 7.26. The van der Waals surface area contributed by atoms with Gasteiger partial charge in [0.25, 0.3) is 0 Å². The first-order valence-electron chi connectivity index (χ1n) is 2.07. The Bertz CT molecular complexity index is 125. The Hall–Kier alpha value is -0.400. The molecule has 0 aromatic carbocycles. The summed E-state index contributed by atoms with van der Waals surface area (Å²) < 4.78 is 8.88. The number of nitrogens with zero attached hydrogens (tertiary/aromatic N) is 1. The van der Waals surface area contributed by atoms with E-state index in [1.807, 2.05) is 13.0 Å². The first-order valence-corrected chi connectivity index (χ1v) is 3.63. The lowest BCUT2D eigenvalue weighted by molar-refractivity contribution is 0.275. The summed E-state index contributed by atoms with van der Waals surface area (Å²) >= 11 is 0. The van der Waals surface area contributed by atoms with E-state index in [0.29, 0.717) is 6.42 Å². The molecule has 0 bridgehead atoms. The van der Waals surface area contributed by atoms with Gasteiger partial charge in [-0.05, 0) is 0 Å². The molecule has 0 spiro atoms. The van der Waals surface area contributed by atoms with Gasteiger partial charge in [-0.15, -0.1) is 0 Å². The zero-order valence-corrected chi connectivity index (χ0v) is 5.75. The maximum atomic E-state index is 8.88. The highest BCUT2D eigenvalue weighted by molar-refractivity contribution is 7.45. The molecule has 54 valence electrons. The van der Waals surface area contributed by atoms with Crippen LogP contribution < -0.4 is 0 Å². The van der Waals surface area contributed by atoms with Crippen LogP contribution in [0.5, 0.6) is 0 Å². The van der Waals surface area contributed by atoms with Crippen LogP contribution >= 0.6 is 7.82 Å². The Balaban J connectivity index is 0. The minimum Gasteiger partial charge on any atom is -0.303 e. The molecule has 0 saturated heterocycles. The average Bonchev–Trinajstić information content (AvgIpc) is 1.61. The molecule has 0 radical (unpaired) electrons. The lowest BCUT2D eigenvalue weighted by Gasteiger charge is -1.82. The van der Waals surface area contributed by atoms with Crippen LogP contribution in [0.25, 0.3) is 0 Å². The molecule has 0 unspecified atom stereocenters. The van der Waals surface area contributed by atoms with Gasteiger partial charge < -0.3 is 14.7 Å². The molecule has 0 rings (SSSR count). The Morgan fingerprint density at radius 3 is 1.67 bits per heavy atom. The van der Waals surface area contributed by atoms with Crippen molar-refractivity contribution in [3.05, 3.63) is 0 Å². The van der Waals surface area contributed by atoms with Crippen LogP contribution in [0.3, 0.4) is 0 Å². The van der Waals surface area contributed by atoms with Crippen LogP contribution in [0.4, 0.5) is 0 Å². The Labute approximate surface area is 52.8 Å². The summed E-state index contributed by atoms with van der Waals surface area (Å²) in [6, 6.07) is 1.93. The first-order chi connectivity index (χ1) is 3.91. The average molecular weight is 153 g/mol. The molecule has 0 saturated carbocycles. The third kappa shape index (κ3) is 662. The van der Waals surface area contributed by atoms with Crippen molar-refractivity contribution in [2.24, 2.45) is 0 Å². The van der Waals surface area contributed by atoms with E-state index in [1.165, 1.54) is 0 Å². The molecular weight excluding hydrogens is 145 g/mol. The Morgan fingerprint density at radius 1 is 1.56 bits per heavy atom. The topological polar surface area (TPSA) is 102 Å². The summed E-state index contributed by atoms with van der Waals surface area (Å²) in [7, 11) is -4.64. The first kappa shape index (κ1) is 11.4. The highest BCUT2D eigenvalue weighted by atomic mass is 31.2. The minimum absolute atomic E-state index is 0.625. The summed E-state index contributed by atoms with van der Waals surface area (Å²) in [6.07, 6.45) is 0.625. The van der Waals surface area contributed by atoms with Gasteiger partial charge in [-0.25, -0.2) is 4.57 Å². The number of hydrogen-bond acceptors (Lipinski definition) is 2. The number of hydrogen-bond donors (Lipinski definition) is 3.